The third-order valence-corrected chi connectivity index (χ3v) is 4.03. The summed E-state index contributed by atoms with van der Waals surface area (Å²) in [5.41, 5.74) is -0.194. The summed E-state index contributed by atoms with van der Waals surface area (Å²) in [5, 5.41) is 15.0. The number of esters is 1. The van der Waals surface area contributed by atoms with E-state index in [-0.39, 0.29) is 12.0 Å². The Morgan fingerprint density at radius 3 is 2.27 bits per heavy atom. The molecule has 3 amide bonds. The number of nitrogens with one attached hydrogen (secondary N) is 3. The highest BCUT2D eigenvalue weighted by molar-refractivity contribution is 5.97. The van der Waals surface area contributed by atoms with Gasteiger partial charge in [0.2, 0.25) is 11.8 Å². The molecule has 2 aromatic carbocycles. The van der Waals surface area contributed by atoms with E-state index in [2.05, 4.69) is 10.6 Å². The van der Waals surface area contributed by atoms with Crippen LogP contribution in [-0.2, 0) is 19.1 Å². The highest BCUT2D eigenvalue weighted by Crippen LogP contribution is 2.19. The summed E-state index contributed by atoms with van der Waals surface area (Å²) in [6.45, 7) is 0.590. The van der Waals surface area contributed by atoms with E-state index in [1.54, 1.807) is 6.07 Å². The maximum atomic E-state index is 13.6. The monoisotopic (exact) mass is 462 g/mol. The standard InChI is InChI=1S/C21H17F3N4O5/c1-11(33-21(32)12-2-4-13(5-3-12)27-16(29)8-9-25)20(31)26-10-17(30)28-15-7-6-14(22)18(23)19(15)24/h2-7,11H,8,10H2,1H3,(H,26,31)(H,27,29)(H,28,30). The lowest BCUT2D eigenvalue weighted by Gasteiger charge is -2.14. The van der Waals surface area contributed by atoms with Gasteiger partial charge < -0.3 is 20.7 Å². The van der Waals surface area contributed by atoms with Crippen molar-refractivity contribution >= 4 is 35.1 Å². The average molecular weight is 462 g/mol. The van der Waals surface area contributed by atoms with Crippen LogP contribution in [0.4, 0.5) is 24.5 Å². The zero-order chi connectivity index (χ0) is 24.5. The normalized spacial score (nSPS) is 11.0. The minimum Gasteiger partial charge on any atom is -0.449 e. The van der Waals surface area contributed by atoms with Crippen molar-refractivity contribution in [2.45, 2.75) is 19.4 Å². The first-order chi connectivity index (χ1) is 15.6. The number of hydrogen-bond acceptors (Lipinski definition) is 6. The minimum absolute atomic E-state index is 0.0690. The molecule has 172 valence electrons. The molecule has 2 aromatic rings. The van der Waals surface area contributed by atoms with Crippen LogP contribution in [0, 0.1) is 28.8 Å². The number of carbonyl (C=O) groups is 4. The molecule has 1 unspecified atom stereocenters. The molecule has 0 saturated heterocycles. The summed E-state index contributed by atoms with van der Waals surface area (Å²) in [4.78, 5) is 47.4. The molecule has 3 N–H and O–H groups in total. The first-order valence-electron chi connectivity index (χ1n) is 9.31. The fourth-order valence-corrected chi connectivity index (χ4v) is 2.38. The molecule has 33 heavy (non-hydrogen) atoms. The van der Waals surface area contributed by atoms with Crippen LogP contribution in [0.2, 0.25) is 0 Å². The fourth-order valence-electron chi connectivity index (χ4n) is 2.38. The Morgan fingerprint density at radius 1 is 0.970 bits per heavy atom. The summed E-state index contributed by atoms with van der Waals surface area (Å²) in [5.74, 6) is -7.92. The predicted molar refractivity (Wildman–Crippen MR) is 108 cm³/mol. The number of ether oxygens (including phenoxy) is 1. The Balaban J connectivity index is 1.84. The van der Waals surface area contributed by atoms with Gasteiger partial charge in [-0.15, -0.1) is 0 Å². The number of nitriles is 1. The van der Waals surface area contributed by atoms with E-state index >= 15 is 0 Å². The zero-order valence-electron chi connectivity index (χ0n) is 17.1. The van der Waals surface area contributed by atoms with Gasteiger partial charge in [-0.05, 0) is 43.3 Å². The molecule has 0 saturated carbocycles. The topological polar surface area (TPSA) is 137 Å². The number of anilines is 2. The Kier molecular flexibility index (Phi) is 8.50. The van der Waals surface area contributed by atoms with Crippen LogP contribution in [0.15, 0.2) is 36.4 Å². The highest BCUT2D eigenvalue weighted by Gasteiger charge is 2.20. The summed E-state index contributed by atoms with van der Waals surface area (Å²) in [7, 11) is 0. The Hall–Kier alpha value is -4.40. The minimum atomic E-state index is -1.75. The number of nitrogens with zero attached hydrogens (tertiary/aromatic N) is 1. The molecular weight excluding hydrogens is 445 g/mol. The van der Waals surface area contributed by atoms with Crippen molar-refractivity contribution in [3.05, 3.63) is 59.4 Å². The van der Waals surface area contributed by atoms with Crippen LogP contribution in [-0.4, -0.2) is 36.3 Å². The molecule has 0 fully saturated rings. The smallest absolute Gasteiger partial charge is 0.338 e. The molecule has 0 radical (unpaired) electrons. The maximum absolute atomic E-state index is 13.6. The van der Waals surface area contributed by atoms with Crippen molar-refractivity contribution in [2.75, 3.05) is 17.2 Å². The van der Waals surface area contributed by atoms with Crippen LogP contribution < -0.4 is 16.0 Å². The second-order valence-electron chi connectivity index (χ2n) is 6.50. The predicted octanol–water partition coefficient (Wildman–Crippen LogP) is 2.26. The molecule has 0 aliphatic rings. The quantitative estimate of drug-likeness (QED) is 0.407. The molecule has 1 atom stereocenters. The van der Waals surface area contributed by atoms with Crippen LogP contribution in [0.3, 0.4) is 0 Å². The van der Waals surface area contributed by atoms with Crippen molar-refractivity contribution in [1.29, 1.82) is 5.26 Å². The number of rotatable bonds is 8. The van der Waals surface area contributed by atoms with E-state index < -0.39 is 59.5 Å². The van der Waals surface area contributed by atoms with Gasteiger partial charge in [0.25, 0.3) is 5.91 Å². The van der Waals surface area contributed by atoms with Crippen LogP contribution in [0.25, 0.3) is 0 Å². The van der Waals surface area contributed by atoms with Gasteiger partial charge in [-0.25, -0.2) is 18.0 Å². The lowest BCUT2D eigenvalue weighted by Crippen LogP contribution is -2.40. The zero-order valence-corrected chi connectivity index (χ0v) is 17.1. The van der Waals surface area contributed by atoms with Gasteiger partial charge in [0, 0.05) is 5.69 Å². The molecule has 0 heterocycles. The number of carbonyl (C=O) groups excluding carboxylic acids is 4. The van der Waals surface area contributed by atoms with E-state index in [0.717, 1.165) is 6.07 Å². The van der Waals surface area contributed by atoms with E-state index in [1.807, 2.05) is 5.32 Å². The molecular formula is C21H17F3N4O5. The van der Waals surface area contributed by atoms with E-state index in [4.69, 9.17) is 10.00 Å². The number of amides is 3. The van der Waals surface area contributed by atoms with Gasteiger partial charge in [-0.3, -0.25) is 14.4 Å². The number of halogens is 3. The molecule has 12 heteroatoms. The summed E-state index contributed by atoms with van der Waals surface area (Å²) >= 11 is 0. The molecule has 0 bridgehead atoms. The average Bonchev–Trinajstić information content (AvgIpc) is 2.78. The van der Waals surface area contributed by atoms with Crippen LogP contribution in [0.5, 0.6) is 0 Å². The first kappa shape index (κ1) is 24.9. The van der Waals surface area contributed by atoms with Gasteiger partial charge in [0.15, 0.2) is 23.6 Å². The van der Waals surface area contributed by atoms with Gasteiger partial charge in [0.05, 0.1) is 23.9 Å². The molecule has 2 rings (SSSR count). The van der Waals surface area contributed by atoms with E-state index in [1.165, 1.54) is 31.2 Å². The molecule has 9 nitrogen and oxygen atoms in total. The van der Waals surface area contributed by atoms with Gasteiger partial charge >= 0.3 is 5.97 Å². The summed E-state index contributed by atoms with van der Waals surface area (Å²) in [6.07, 6.45) is -1.63. The van der Waals surface area contributed by atoms with Crippen molar-refractivity contribution in [1.82, 2.24) is 5.32 Å². The summed E-state index contributed by atoms with van der Waals surface area (Å²) in [6, 6.07) is 8.60. The Bertz CT molecular complexity index is 1120. The van der Waals surface area contributed by atoms with Crippen molar-refractivity contribution < 1.29 is 37.1 Å². The van der Waals surface area contributed by atoms with Gasteiger partial charge in [-0.1, -0.05) is 0 Å². The lowest BCUT2D eigenvalue weighted by molar-refractivity contribution is -0.130. The maximum Gasteiger partial charge on any atom is 0.338 e. The fraction of sp³-hybridized carbons (Fsp3) is 0.190. The number of benzene rings is 2. The third kappa shape index (κ3) is 7.06. The van der Waals surface area contributed by atoms with E-state index in [9.17, 15) is 32.3 Å². The second-order valence-corrected chi connectivity index (χ2v) is 6.50. The van der Waals surface area contributed by atoms with Crippen molar-refractivity contribution in [2.24, 2.45) is 0 Å². The third-order valence-electron chi connectivity index (χ3n) is 4.03. The van der Waals surface area contributed by atoms with Gasteiger partial charge in [0.1, 0.15) is 6.42 Å². The Morgan fingerprint density at radius 2 is 1.64 bits per heavy atom. The second kappa shape index (κ2) is 11.3. The molecule has 0 spiro atoms. The summed E-state index contributed by atoms with van der Waals surface area (Å²) < 4.78 is 44.7. The van der Waals surface area contributed by atoms with Gasteiger partial charge in [-0.2, -0.15) is 5.26 Å². The first-order valence-corrected chi connectivity index (χ1v) is 9.31. The van der Waals surface area contributed by atoms with E-state index in [0.29, 0.717) is 11.8 Å². The molecule has 0 aliphatic carbocycles. The molecule has 0 aliphatic heterocycles. The van der Waals surface area contributed by atoms with Crippen molar-refractivity contribution in [3.63, 3.8) is 0 Å². The lowest BCUT2D eigenvalue weighted by atomic mass is 10.2. The highest BCUT2D eigenvalue weighted by atomic mass is 19.2. The molecule has 0 aromatic heterocycles. The number of hydrogen-bond donors (Lipinski definition) is 3. The van der Waals surface area contributed by atoms with Crippen LogP contribution in [0.1, 0.15) is 23.7 Å². The largest absolute Gasteiger partial charge is 0.449 e. The Labute approximate surface area is 185 Å². The SMILES string of the molecule is CC(OC(=O)c1ccc(NC(=O)CC#N)cc1)C(=O)NCC(=O)Nc1ccc(F)c(F)c1F. The van der Waals surface area contributed by atoms with Crippen molar-refractivity contribution in [3.8, 4) is 6.07 Å². The van der Waals surface area contributed by atoms with Crippen LogP contribution >= 0.6 is 0 Å².